The zero-order valence-electron chi connectivity index (χ0n) is 15.3. The summed E-state index contributed by atoms with van der Waals surface area (Å²) in [6.07, 6.45) is 1.46. The third kappa shape index (κ3) is 8.06. The lowest BCUT2D eigenvalue weighted by molar-refractivity contribution is -0.134. The molecule has 9 N–H and O–H groups in total. The van der Waals surface area contributed by atoms with Crippen LogP contribution in [0.15, 0.2) is 36.4 Å². The van der Waals surface area contributed by atoms with Crippen molar-refractivity contribution in [2.24, 2.45) is 5.73 Å². The van der Waals surface area contributed by atoms with Gasteiger partial charge in [-0.1, -0.05) is 19.1 Å². The number of nitrogens with zero attached hydrogens (tertiary/aromatic N) is 1. The molecule has 0 bridgehead atoms. The molecule has 9 nitrogen and oxygen atoms in total. The number of carbonyl (C=O) groups excluding carboxylic acids is 2. The zero-order valence-corrected chi connectivity index (χ0v) is 15.3. The Hall–Kier alpha value is -3.33. The summed E-state index contributed by atoms with van der Waals surface area (Å²) in [6, 6.07) is 10.1. The van der Waals surface area contributed by atoms with Crippen LogP contribution in [0.1, 0.15) is 26.2 Å². The van der Waals surface area contributed by atoms with E-state index in [1.807, 2.05) is 6.92 Å². The molecule has 1 aromatic carbocycles. The summed E-state index contributed by atoms with van der Waals surface area (Å²) in [6.45, 7) is 2.23. The van der Waals surface area contributed by atoms with Gasteiger partial charge in [-0.2, -0.15) is 0 Å². The molecule has 1 amide bonds. The third-order valence-corrected chi connectivity index (χ3v) is 3.19. The normalized spacial score (nSPS) is 9.70. The Kier molecular flexibility index (Phi) is 9.10. The predicted octanol–water partition coefficient (Wildman–Crippen LogP) is 1.51. The molecule has 2 aromatic rings. The van der Waals surface area contributed by atoms with E-state index >= 15 is 0 Å². The first kappa shape index (κ1) is 21.7. The van der Waals surface area contributed by atoms with Gasteiger partial charge in [0, 0.05) is 19.4 Å². The van der Waals surface area contributed by atoms with Crippen molar-refractivity contribution in [3.05, 3.63) is 36.4 Å². The Bertz CT molecular complexity index is 767. The van der Waals surface area contributed by atoms with Crippen LogP contribution < -0.4 is 33.0 Å². The quantitative estimate of drug-likeness (QED) is 0.287. The molecule has 0 radical (unpaired) electrons. The van der Waals surface area contributed by atoms with Crippen LogP contribution in [0.4, 0.5) is 23.0 Å². The van der Waals surface area contributed by atoms with Crippen molar-refractivity contribution in [3.63, 3.8) is 0 Å². The van der Waals surface area contributed by atoms with E-state index in [0.29, 0.717) is 35.9 Å². The van der Waals surface area contributed by atoms with E-state index in [1.54, 1.807) is 36.4 Å². The number of ether oxygens (including phenoxy) is 1. The highest BCUT2D eigenvalue weighted by atomic mass is 16.5. The molecule has 0 aliphatic carbocycles. The minimum absolute atomic E-state index is 0.191. The summed E-state index contributed by atoms with van der Waals surface area (Å²) in [5.41, 5.74) is 22.6. The summed E-state index contributed by atoms with van der Waals surface area (Å²) in [4.78, 5) is 26.1. The monoisotopic (exact) mass is 374 g/mol. The average Bonchev–Trinajstić information content (AvgIpc) is 2.61. The molecule has 0 aliphatic rings. The summed E-state index contributed by atoms with van der Waals surface area (Å²) in [5, 5.41) is 2.55. The van der Waals surface area contributed by atoms with E-state index in [0.717, 1.165) is 6.42 Å². The van der Waals surface area contributed by atoms with Gasteiger partial charge < -0.3 is 33.0 Å². The molecule has 0 spiro atoms. The highest BCUT2D eigenvalue weighted by molar-refractivity contribution is 5.90. The minimum Gasteiger partial charge on any atom is -0.424 e. The fourth-order valence-electron chi connectivity index (χ4n) is 1.84. The van der Waals surface area contributed by atoms with Crippen molar-refractivity contribution < 1.29 is 14.3 Å². The van der Waals surface area contributed by atoms with Crippen LogP contribution >= 0.6 is 0 Å². The van der Waals surface area contributed by atoms with Crippen molar-refractivity contribution >= 4 is 34.9 Å². The van der Waals surface area contributed by atoms with Gasteiger partial charge in [0.25, 0.3) is 0 Å². The number of nitrogens with two attached hydrogens (primary N) is 4. The number of hydrogen-bond acceptors (Lipinski definition) is 8. The predicted molar refractivity (Wildman–Crippen MR) is 107 cm³/mol. The van der Waals surface area contributed by atoms with Gasteiger partial charge in [0.1, 0.15) is 11.6 Å². The molecule has 146 valence electrons. The maximum Gasteiger partial charge on any atom is 0.311 e. The molecule has 0 saturated carbocycles. The lowest BCUT2D eigenvalue weighted by atomic mass is 10.3. The fourth-order valence-corrected chi connectivity index (χ4v) is 1.84. The number of hydrogen-bond donors (Lipinski definition) is 5. The summed E-state index contributed by atoms with van der Waals surface area (Å²) < 4.78 is 5.02. The number of aromatic nitrogens is 1. The molecule has 27 heavy (non-hydrogen) atoms. The number of benzene rings is 1. The summed E-state index contributed by atoms with van der Waals surface area (Å²) in [7, 11) is 0. The van der Waals surface area contributed by atoms with Crippen LogP contribution in [-0.4, -0.2) is 23.4 Å². The van der Waals surface area contributed by atoms with Crippen LogP contribution in [0.25, 0.3) is 0 Å². The topological polar surface area (TPSA) is 172 Å². The first-order chi connectivity index (χ1) is 12.9. The smallest absolute Gasteiger partial charge is 0.311 e. The van der Waals surface area contributed by atoms with Gasteiger partial charge in [0.05, 0.1) is 11.4 Å². The number of para-hydroxylation sites is 2. The molecule has 0 fully saturated rings. The summed E-state index contributed by atoms with van der Waals surface area (Å²) >= 11 is 0. The Balaban J connectivity index is 0.000000271. The van der Waals surface area contributed by atoms with Crippen LogP contribution in [0, 0.1) is 0 Å². The second-order valence-corrected chi connectivity index (χ2v) is 5.52. The molecule has 0 atom stereocenters. The van der Waals surface area contributed by atoms with E-state index in [1.165, 1.54) is 0 Å². The standard InChI is InChI=1S/C10H13NO2.C8H13N5O/c1-2-5-10(12)13-9-7-4-3-6-8(9)11;9-4-3-7(14)12-6-2-1-5(10)8(11)13-6/h3-4,6-7H,2,5,11H2,1H3;1-2H,3-4,9-10H2,(H3,11,12,13,14). The number of nitrogens with one attached hydrogen (secondary N) is 1. The number of pyridine rings is 1. The second kappa shape index (κ2) is 11.3. The molecular weight excluding hydrogens is 348 g/mol. The average molecular weight is 374 g/mol. The second-order valence-electron chi connectivity index (χ2n) is 5.52. The van der Waals surface area contributed by atoms with Crippen LogP contribution in [-0.2, 0) is 9.59 Å². The van der Waals surface area contributed by atoms with Crippen molar-refractivity contribution in [2.75, 3.05) is 29.1 Å². The van der Waals surface area contributed by atoms with E-state index in [4.69, 9.17) is 27.7 Å². The lowest BCUT2D eigenvalue weighted by Gasteiger charge is -2.05. The van der Waals surface area contributed by atoms with Gasteiger partial charge in [-0.25, -0.2) is 4.98 Å². The van der Waals surface area contributed by atoms with E-state index in [-0.39, 0.29) is 24.1 Å². The maximum atomic E-state index is 11.1. The van der Waals surface area contributed by atoms with Crippen LogP contribution in [0.5, 0.6) is 5.75 Å². The minimum atomic E-state index is -0.236. The molecular formula is C18H26N6O3. The first-order valence-corrected chi connectivity index (χ1v) is 8.44. The number of nitrogen functional groups attached to an aromatic ring is 3. The molecule has 0 unspecified atom stereocenters. The Morgan fingerprint density at radius 3 is 2.33 bits per heavy atom. The molecule has 2 rings (SSSR count). The molecule has 9 heteroatoms. The number of carbonyl (C=O) groups is 2. The SMILES string of the molecule is CCCC(=O)Oc1ccccc1N.NCCC(=O)Nc1ccc(N)c(N)n1. The number of esters is 1. The zero-order chi connectivity index (χ0) is 20.2. The summed E-state index contributed by atoms with van der Waals surface area (Å²) in [5.74, 6) is 0.608. The number of anilines is 4. The van der Waals surface area contributed by atoms with Gasteiger partial charge in [0.2, 0.25) is 5.91 Å². The van der Waals surface area contributed by atoms with Gasteiger partial charge in [-0.05, 0) is 30.7 Å². The highest BCUT2D eigenvalue weighted by Gasteiger charge is 2.05. The highest BCUT2D eigenvalue weighted by Crippen LogP contribution is 2.20. The van der Waals surface area contributed by atoms with Crippen molar-refractivity contribution in [3.8, 4) is 5.75 Å². The Labute approximate surface area is 158 Å². The molecule has 0 aliphatic heterocycles. The van der Waals surface area contributed by atoms with Crippen molar-refractivity contribution in [1.82, 2.24) is 4.98 Å². The molecule has 1 aromatic heterocycles. The van der Waals surface area contributed by atoms with Gasteiger partial charge in [0.15, 0.2) is 5.75 Å². The van der Waals surface area contributed by atoms with Gasteiger partial charge >= 0.3 is 5.97 Å². The fraction of sp³-hybridized carbons (Fsp3) is 0.278. The van der Waals surface area contributed by atoms with Crippen LogP contribution in [0.3, 0.4) is 0 Å². The van der Waals surface area contributed by atoms with Crippen LogP contribution in [0.2, 0.25) is 0 Å². The number of rotatable bonds is 6. The van der Waals surface area contributed by atoms with Gasteiger partial charge in [-0.15, -0.1) is 0 Å². The largest absolute Gasteiger partial charge is 0.424 e. The number of amides is 1. The van der Waals surface area contributed by atoms with E-state index < -0.39 is 0 Å². The van der Waals surface area contributed by atoms with E-state index in [2.05, 4.69) is 10.3 Å². The van der Waals surface area contributed by atoms with Gasteiger partial charge in [-0.3, -0.25) is 9.59 Å². The molecule has 0 saturated heterocycles. The van der Waals surface area contributed by atoms with Crippen molar-refractivity contribution in [1.29, 1.82) is 0 Å². The third-order valence-electron chi connectivity index (χ3n) is 3.19. The lowest BCUT2D eigenvalue weighted by Crippen LogP contribution is -2.17. The first-order valence-electron chi connectivity index (χ1n) is 8.44. The van der Waals surface area contributed by atoms with E-state index in [9.17, 15) is 9.59 Å². The molecule has 1 heterocycles. The Morgan fingerprint density at radius 2 is 1.74 bits per heavy atom. The van der Waals surface area contributed by atoms with Crippen molar-refractivity contribution in [2.45, 2.75) is 26.2 Å². The maximum absolute atomic E-state index is 11.1. The Morgan fingerprint density at radius 1 is 1.04 bits per heavy atom.